The molecule has 3 aromatic carbocycles. The van der Waals surface area contributed by atoms with Crippen LogP contribution in [-0.4, -0.2) is 47.8 Å². The van der Waals surface area contributed by atoms with Crippen LogP contribution in [0.5, 0.6) is 11.5 Å². The molecule has 0 aliphatic carbocycles. The highest BCUT2D eigenvalue weighted by Crippen LogP contribution is 2.32. The fraction of sp³-hybridized carbons (Fsp3) is 0.265. The van der Waals surface area contributed by atoms with E-state index in [0.717, 1.165) is 16.8 Å². The van der Waals surface area contributed by atoms with E-state index in [1.165, 1.54) is 16.7 Å². The van der Waals surface area contributed by atoms with E-state index >= 15 is 0 Å². The highest BCUT2D eigenvalue weighted by molar-refractivity contribution is 5.91. The summed E-state index contributed by atoms with van der Waals surface area (Å²) in [6.07, 6.45) is 1.69. The second-order valence-corrected chi connectivity index (χ2v) is 10.8. The lowest BCUT2D eigenvalue weighted by molar-refractivity contribution is -0.384. The van der Waals surface area contributed by atoms with Crippen LogP contribution in [0.15, 0.2) is 87.8 Å². The number of H-pyrrole nitrogens is 1. The van der Waals surface area contributed by atoms with Crippen LogP contribution in [0, 0.1) is 10.1 Å². The third-order valence-corrected chi connectivity index (χ3v) is 7.46. The van der Waals surface area contributed by atoms with Crippen LogP contribution in [0.4, 0.5) is 11.4 Å². The first-order valence-corrected chi connectivity index (χ1v) is 14.8. The van der Waals surface area contributed by atoms with Crippen LogP contribution in [-0.2, 0) is 16.1 Å². The molecule has 4 aromatic rings. The standard InChI is InChI=1S/C34H35N5O7/c1-6-44-29-19-23(10-17-28(29)46-20-22-8-13-26(14-9-22)39(42)43)18-27-32(40)38-31(24-11-15-25(16-12-24)37(4)5)30(33(41)45-7-2)21(3)35-34(38)36-27/h8-19,31H,6-7,20H2,1-5H3,(H,35,36). The molecule has 0 saturated heterocycles. The van der Waals surface area contributed by atoms with Crippen LogP contribution in [0.1, 0.15) is 43.5 Å². The number of allylic oxidation sites excluding steroid dienone is 1. The zero-order chi connectivity index (χ0) is 33.0. The average molecular weight is 626 g/mol. The lowest BCUT2D eigenvalue weighted by atomic mass is 9.95. The molecule has 1 aliphatic heterocycles. The summed E-state index contributed by atoms with van der Waals surface area (Å²) in [7, 11) is 3.88. The summed E-state index contributed by atoms with van der Waals surface area (Å²) in [5.74, 6) is 0.426. The van der Waals surface area contributed by atoms with Gasteiger partial charge < -0.3 is 24.1 Å². The molecule has 12 nitrogen and oxygen atoms in total. The van der Waals surface area contributed by atoms with E-state index in [-0.39, 0.29) is 29.8 Å². The molecular formula is C34H35N5O7. The predicted molar refractivity (Wildman–Crippen MR) is 173 cm³/mol. The number of carbonyl (C=O) groups excluding carboxylic acids is 1. The molecule has 1 atom stereocenters. The number of carbonyl (C=O) groups is 1. The van der Waals surface area contributed by atoms with E-state index in [1.807, 2.05) is 50.2 Å². The van der Waals surface area contributed by atoms with Gasteiger partial charge in [0.2, 0.25) is 5.62 Å². The second kappa shape index (κ2) is 13.6. The lowest BCUT2D eigenvalue weighted by Gasteiger charge is -2.25. The quantitative estimate of drug-likeness (QED) is 0.150. The number of rotatable bonds is 11. The van der Waals surface area contributed by atoms with Crippen molar-refractivity contribution < 1.29 is 23.9 Å². The molecule has 0 saturated carbocycles. The maximum Gasteiger partial charge on any atom is 0.338 e. The Kier molecular flexibility index (Phi) is 9.36. The number of aromatic amines is 1. The Morgan fingerprint density at radius 2 is 1.74 bits per heavy atom. The highest BCUT2D eigenvalue weighted by atomic mass is 16.6. The number of benzene rings is 3. The summed E-state index contributed by atoms with van der Waals surface area (Å²) in [6, 6.07) is 18.3. The van der Waals surface area contributed by atoms with Crippen molar-refractivity contribution in [2.75, 3.05) is 32.2 Å². The number of hydrogen-bond acceptors (Lipinski definition) is 9. The molecule has 1 unspecified atom stereocenters. The van der Waals surface area contributed by atoms with E-state index in [0.29, 0.717) is 40.6 Å². The van der Waals surface area contributed by atoms with Crippen molar-refractivity contribution in [2.24, 2.45) is 4.99 Å². The largest absolute Gasteiger partial charge is 0.490 e. The van der Waals surface area contributed by atoms with Crippen LogP contribution in [0.3, 0.4) is 0 Å². The van der Waals surface area contributed by atoms with Gasteiger partial charge in [0.15, 0.2) is 11.5 Å². The minimum absolute atomic E-state index is 0.00459. The molecule has 46 heavy (non-hydrogen) atoms. The van der Waals surface area contributed by atoms with Gasteiger partial charge in [-0.15, -0.1) is 0 Å². The van der Waals surface area contributed by atoms with E-state index in [9.17, 15) is 19.7 Å². The van der Waals surface area contributed by atoms with Crippen molar-refractivity contribution in [1.82, 2.24) is 9.55 Å². The summed E-state index contributed by atoms with van der Waals surface area (Å²) in [5.41, 5.74) is 3.87. The number of fused-ring (bicyclic) bond motifs is 1. The van der Waals surface area contributed by atoms with Gasteiger partial charge in [-0.3, -0.25) is 19.5 Å². The van der Waals surface area contributed by atoms with Crippen molar-refractivity contribution in [2.45, 2.75) is 33.4 Å². The summed E-state index contributed by atoms with van der Waals surface area (Å²) in [4.78, 5) is 47.3. The zero-order valence-electron chi connectivity index (χ0n) is 26.3. The van der Waals surface area contributed by atoms with Gasteiger partial charge in [0.25, 0.3) is 11.2 Å². The number of ether oxygens (including phenoxy) is 3. The fourth-order valence-corrected chi connectivity index (χ4v) is 5.21. The Balaban J connectivity index is 1.52. The van der Waals surface area contributed by atoms with Crippen molar-refractivity contribution in [1.29, 1.82) is 0 Å². The molecule has 12 heteroatoms. The molecule has 0 amide bonds. The number of esters is 1. The molecule has 238 valence electrons. The first kappa shape index (κ1) is 31.8. The summed E-state index contributed by atoms with van der Waals surface area (Å²) in [5, 5.41) is 11.2. The maximum atomic E-state index is 14.0. The first-order chi connectivity index (χ1) is 22.1. The second-order valence-electron chi connectivity index (χ2n) is 10.8. The monoisotopic (exact) mass is 625 g/mol. The SMILES string of the molecule is CCOC(=O)C1=C(C)N=c2[nH]c(=Cc3ccc(OCc4ccc([N+](=O)[O-])cc4)c(OCC)c3)c(=O)n2C1c1ccc(N(C)C)cc1. The van der Waals surface area contributed by atoms with E-state index in [1.54, 1.807) is 50.3 Å². The predicted octanol–water partition coefficient (Wildman–Crippen LogP) is 4.02. The minimum Gasteiger partial charge on any atom is -0.490 e. The Bertz CT molecular complexity index is 1970. The molecule has 0 bridgehead atoms. The van der Waals surface area contributed by atoms with Gasteiger partial charge in [-0.05, 0) is 79.9 Å². The molecule has 1 aromatic heterocycles. The van der Waals surface area contributed by atoms with Gasteiger partial charge in [0.05, 0.1) is 35.4 Å². The molecule has 0 spiro atoms. The van der Waals surface area contributed by atoms with E-state index in [2.05, 4.69) is 9.98 Å². The Hall–Kier alpha value is -5.65. The van der Waals surface area contributed by atoms with Gasteiger partial charge in [0.1, 0.15) is 12.0 Å². The number of aromatic nitrogens is 2. The lowest BCUT2D eigenvalue weighted by Crippen LogP contribution is -2.40. The minimum atomic E-state index is -0.747. The van der Waals surface area contributed by atoms with Gasteiger partial charge in [0, 0.05) is 31.9 Å². The van der Waals surface area contributed by atoms with Gasteiger partial charge in [-0.1, -0.05) is 18.2 Å². The third kappa shape index (κ3) is 6.55. The maximum absolute atomic E-state index is 14.0. The zero-order valence-corrected chi connectivity index (χ0v) is 26.3. The summed E-state index contributed by atoms with van der Waals surface area (Å²) >= 11 is 0. The summed E-state index contributed by atoms with van der Waals surface area (Å²) < 4.78 is 18.7. The molecule has 1 N–H and O–H groups in total. The molecule has 2 heterocycles. The fourth-order valence-electron chi connectivity index (χ4n) is 5.21. The number of nitrogens with one attached hydrogen (secondary N) is 1. The van der Waals surface area contributed by atoms with Crippen LogP contribution < -0.4 is 30.9 Å². The van der Waals surface area contributed by atoms with Crippen LogP contribution in [0.2, 0.25) is 0 Å². The Labute approximate surface area is 265 Å². The van der Waals surface area contributed by atoms with Gasteiger partial charge in [-0.2, -0.15) is 0 Å². The number of imidazole rings is 1. The van der Waals surface area contributed by atoms with Crippen molar-refractivity contribution in [3.05, 3.63) is 126 Å². The van der Waals surface area contributed by atoms with Crippen molar-refractivity contribution in [3.8, 4) is 11.5 Å². The highest BCUT2D eigenvalue weighted by Gasteiger charge is 2.33. The molecule has 1 aliphatic rings. The first-order valence-electron chi connectivity index (χ1n) is 14.8. The number of hydrogen-bond donors (Lipinski definition) is 1. The normalized spacial score (nSPS) is 14.4. The number of nitro groups is 1. The Morgan fingerprint density at radius 1 is 1.02 bits per heavy atom. The Morgan fingerprint density at radius 3 is 2.37 bits per heavy atom. The number of anilines is 1. The topological polar surface area (TPSA) is 141 Å². The number of non-ortho nitro benzene ring substituents is 1. The molecule has 0 radical (unpaired) electrons. The molecule has 5 rings (SSSR count). The van der Waals surface area contributed by atoms with Gasteiger partial charge >= 0.3 is 5.97 Å². The average Bonchev–Trinajstić information content (AvgIpc) is 3.34. The summed E-state index contributed by atoms with van der Waals surface area (Å²) in [6.45, 7) is 6.06. The van der Waals surface area contributed by atoms with Crippen LogP contribution >= 0.6 is 0 Å². The van der Waals surface area contributed by atoms with Gasteiger partial charge in [-0.25, -0.2) is 9.79 Å². The van der Waals surface area contributed by atoms with Crippen LogP contribution in [0.25, 0.3) is 6.08 Å². The molecular weight excluding hydrogens is 590 g/mol. The number of nitro benzene ring substituents is 1. The van der Waals surface area contributed by atoms with Crippen molar-refractivity contribution >= 4 is 23.4 Å². The van der Waals surface area contributed by atoms with E-state index < -0.39 is 16.9 Å². The smallest absolute Gasteiger partial charge is 0.338 e. The molecule has 0 fully saturated rings. The van der Waals surface area contributed by atoms with E-state index in [4.69, 9.17) is 14.2 Å². The number of nitrogens with zero attached hydrogens (tertiary/aromatic N) is 4. The van der Waals surface area contributed by atoms with Crippen molar-refractivity contribution in [3.63, 3.8) is 0 Å². The third-order valence-electron chi connectivity index (χ3n) is 7.46.